The van der Waals surface area contributed by atoms with E-state index >= 15 is 0 Å². The molecule has 1 aromatic rings. The molecule has 0 aromatic carbocycles. The van der Waals surface area contributed by atoms with Crippen LogP contribution in [-0.4, -0.2) is 53.4 Å². The zero-order valence-electron chi connectivity index (χ0n) is 15.3. The Kier molecular flexibility index (Phi) is 5.18. The quantitative estimate of drug-likeness (QED) is 0.794. The molecule has 2 saturated heterocycles. The van der Waals surface area contributed by atoms with Gasteiger partial charge in [0.2, 0.25) is 5.95 Å². The Morgan fingerprint density at radius 2 is 1.62 bits per heavy atom. The third-order valence-electron chi connectivity index (χ3n) is 5.69. The van der Waals surface area contributed by atoms with Crippen molar-refractivity contribution in [2.24, 2.45) is 11.3 Å². The molecule has 0 saturated carbocycles. The Balaban J connectivity index is 1.53. The van der Waals surface area contributed by atoms with Crippen LogP contribution in [0.1, 0.15) is 56.8 Å². The molecule has 132 valence electrons. The fraction of sp³-hybridized carbons (Fsp3) is 0.737. The van der Waals surface area contributed by atoms with Crippen LogP contribution in [0, 0.1) is 11.3 Å². The summed E-state index contributed by atoms with van der Waals surface area (Å²) in [6.45, 7) is 12.0. The molecule has 3 rings (SSSR count). The molecule has 0 unspecified atom stereocenters. The lowest BCUT2D eigenvalue weighted by atomic mass is 9.71. The summed E-state index contributed by atoms with van der Waals surface area (Å²) in [6.07, 6.45) is 8.44. The molecule has 0 radical (unpaired) electrons. The van der Waals surface area contributed by atoms with Crippen LogP contribution in [0.4, 0.5) is 5.95 Å². The standard InChI is InChI=1S/C19H30N4O/c1-15(2)14-22-8-4-19(5-9-22)6-10-23(11-7-19)18-20-12-17(13-21-18)16(3)24/h12-13,15H,4-11,14H2,1-3H3. The number of carbonyl (C=O) groups is 1. The molecule has 0 bridgehead atoms. The number of Topliss-reactive ketones (excluding diaryl/α,β-unsaturated/α-hetero) is 1. The lowest BCUT2D eigenvalue weighted by Crippen LogP contribution is -2.47. The maximum absolute atomic E-state index is 11.3. The van der Waals surface area contributed by atoms with Crippen LogP contribution in [0.2, 0.25) is 0 Å². The number of hydrogen-bond donors (Lipinski definition) is 0. The van der Waals surface area contributed by atoms with Crippen LogP contribution in [0.25, 0.3) is 0 Å². The van der Waals surface area contributed by atoms with Crippen molar-refractivity contribution >= 4 is 11.7 Å². The number of nitrogens with zero attached hydrogens (tertiary/aromatic N) is 4. The summed E-state index contributed by atoms with van der Waals surface area (Å²) in [4.78, 5) is 25.0. The van der Waals surface area contributed by atoms with E-state index < -0.39 is 0 Å². The van der Waals surface area contributed by atoms with Crippen molar-refractivity contribution in [1.29, 1.82) is 0 Å². The second-order valence-electron chi connectivity index (χ2n) is 8.01. The van der Waals surface area contributed by atoms with Crippen molar-refractivity contribution in [2.45, 2.75) is 46.5 Å². The molecular formula is C19H30N4O. The van der Waals surface area contributed by atoms with E-state index in [4.69, 9.17) is 0 Å². The van der Waals surface area contributed by atoms with E-state index in [0.29, 0.717) is 11.0 Å². The molecule has 0 atom stereocenters. The van der Waals surface area contributed by atoms with Gasteiger partial charge in [-0.25, -0.2) is 9.97 Å². The molecule has 1 aromatic heterocycles. The topological polar surface area (TPSA) is 49.3 Å². The largest absolute Gasteiger partial charge is 0.341 e. The van der Waals surface area contributed by atoms with Gasteiger partial charge in [0.15, 0.2) is 5.78 Å². The molecule has 5 heteroatoms. The zero-order valence-corrected chi connectivity index (χ0v) is 15.3. The van der Waals surface area contributed by atoms with Crippen LogP contribution in [0.5, 0.6) is 0 Å². The van der Waals surface area contributed by atoms with Gasteiger partial charge in [0, 0.05) is 32.0 Å². The minimum Gasteiger partial charge on any atom is -0.341 e. The van der Waals surface area contributed by atoms with Gasteiger partial charge in [-0.3, -0.25) is 4.79 Å². The molecule has 0 aliphatic carbocycles. The summed E-state index contributed by atoms with van der Waals surface area (Å²) in [7, 11) is 0. The normalized spacial score (nSPS) is 21.4. The average molecular weight is 330 g/mol. The minimum atomic E-state index is 0.0207. The number of likely N-dealkylation sites (tertiary alicyclic amines) is 1. The van der Waals surface area contributed by atoms with Gasteiger partial charge in [0.1, 0.15) is 0 Å². The fourth-order valence-corrected chi connectivity index (χ4v) is 4.07. The van der Waals surface area contributed by atoms with E-state index in [0.717, 1.165) is 25.0 Å². The van der Waals surface area contributed by atoms with Crippen LogP contribution in [0.15, 0.2) is 12.4 Å². The lowest BCUT2D eigenvalue weighted by Gasteiger charge is -2.47. The van der Waals surface area contributed by atoms with Crippen molar-refractivity contribution in [3.8, 4) is 0 Å². The Labute approximate surface area is 145 Å². The van der Waals surface area contributed by atoms with Crippen LogP contribution < -0.4 is 4.90 Å². The smallest absolute Gasteiger partial charge is 0.225 e. The number of anilines is 1. The number of rotatable bonds is 4. The van der Waals surface area contributed by atoms with Crippen molar-refractivity contribution in [3.63, 3.8) is 0 Å². The third-order valence-corrected chi connectivity index (χ3v) is 5.69. The van der Waals surface area contributed by atoms with Gasteiger partial charge < -0.3 is 9.80 Å². The highest BCUT2D eigenvalue weighted by Crippen LogP contribution is 2.41. The van der Waals surface area contributed by atoms with E-state index in [2.05, 4.69) is 33.6 Å². The van der Waals surface area contributed by atoms with Gasteiger partial charge in [0.05, 0.1) is 5.56 Å². The summed E-state index contributed by atoms with van der Waals surface area (Å²) in [5, 5.41) is 0. The average Bonchev–Trinajstić information content (AvgIpc) is 2.58. The first-order valence-electron chi connectivity index (χ1n) is 9.28. The molecule has 2 fully saturated rings. The molecule has 24 heavy (non-hydrogen) atoms. The van der Waals surface area contributed by atoms with Crippen molar-refractivity contribution in [1.82, 2.24) is 14.9 Å². The van der Waals surface area contributed by atoms with Crippen LogP contribution in [-0.2, 0) is 0 Å². The van der Waals surface area contributed by atoms with E-state index in [1.54, 1.807) is 19.3 Å². The molecule has 3 heterocycles. The summed E-state index contributed by atoms with van der Waals surface area (Å²) in [5.74, 6) is 1.55. The van der Waals surface area contributed by atoms with E-state index in [1.165, 1.54) is 45.3 Å². The van der Waals surface area contributed by atoms with Gasteiger partial charge in [-0.1, -0.05) is 13.8 Å². The van der Waals surface area contributed by atoms with Crippen molar-refractivity contribution in [2.75, 3.05) is 37.6 Å². The van der Waals surface area contributed by atoms with E-state index in [-0.39, 0.29) is 5.78 Å². The summed E-state index contributed by atoms with van der Waals surface area (Å²) >= 11 is 0. The second kappa shape index (κ2) is 7.18. The highest BCUT2D eigenvalue weighted by molar-refractivity contribution is 5.93. The molecule has 1 spiro atoms. The number of aromatic nitrogens is 2. The summed E-state index contributed by atoms with van der Waals surface area (Å²) in [6, 6.07) is 0. The number of piperidine rings is 2. The third kappa shape index (κ3) is 3.94. The van der Waals surface area contributed by atoms with Gasteiger partial charge in [0.25, 0.3) is 0 Å². The molecule has 2 aliphatic rings. The molecule has 0 amide bonds. The molecule has 5 nitrogen and oxygen atoms in total. The van der Waals surface area contributed by atoms with Crippen LogP contribution >= 0.6 is 0 Å². The Morgan fingerprint density at radius 1 is 1.08 bits per heavy atom. The summed E-state index contributed by atoms with van der Waals surface area (Å²) in [5.41, 5.74) is 1.12. The first-order valence-corrected chi connectivity index (χ1v) is 9.28. The highest BCUT2D eigenvalue weighted by atomic mass is 16.1. The fourth-order valence-electron chi connectivity index (χ4n) is 4.07. The first-order chi connectivity index (χ1) is 11.5. The predicted molar refractivity (Wildman–Crippen MR) is 96.4 cm³/mol. The molecular weight excluding hydrogens is 300 g/mol. The maximum Gasteiger partial charge on any atom is 0.225 e. The Bertz CT molecular complexity index is 551. The van der Waals surface area contributed by atoms with Gasteiger partial charge in [-0.2, -0.15) is 0 Å². The number of ketones is 1. The first kappa shape index (κ1) is 17.3. The van der Waals surface area contributed by atoms with Gasteiger partial charge >= 0.3 is 0 Å². The number of hydrogen-bond acceptors (Lipinski definition) is 5. The zero-order chi connectivity index (χ0) is 17.2. The van der Waals surface area contributed by atoms with Gasteiger partial charge in [-0.15, -0.1) is 0 Å². The SMILES string of the molecule is CC(=O)c1cnc(N2CCC3(CCN(CC(C)C)CC3)CC2)nc1. The van der Waals surface area contributed by atoms with E-state index in [1.807, 2.05) is 0 Å². The maximum atomic E-state index is 11.3. The molecule has 2 aliphatic heterocycles. The predicted octanol–water partition coefficient (Wildman–Crippen LogP) is 3.02. The van der Waals surface area contributed by atoms with E-state index in [9.17, 15) is 4.79 Å². The highest BCUT2D eigenvalue weighted by Gasteiger charge is 2.37. The Hall–Kier alpha value is -1.49. The minimum absolute atomic E-state index is 0.0207. The van der Waals surface area contributed by atoms with Crippen molar-refractivity contribution < 1.29 is 4.79 Å². The molecule has 0 N–H and O–H groups in total. The number of carbonyl (C=O) groups excluding carboxylic acids is 1. The van der Waals surface area contributed by atoms with Gasteiger partial charge in [-0.05, 0) is 57.0 Å². The second-order valence-corrected chi connectivity index (χ2v) is 8.01. The lowest BCUT2D eigenvalue weighted by molar-refractivity contribution is 0.0732. The monoisotopic (exact) mass is 330 g/mol. The Morgan fingerprint density at radius 3 is 2.12 bits per heavy atom. The van der Waals surface area contributed by atoms with Crippen molar-refractivity contribution in [3.05, 3.63) is 18.0 Å². The summed E-state index contributed by atoms with van der Waals surface area (Å²) < 4.78 is 0. The van der Waals surface area contributed by atoms with Crippen LogP contribution in [0.3, 0.4) is 0 Å².